The largest absolute Gasteiger partial charge is 0.491 e. The van der Waals surface area contributed by atoms with Crippen molar-refractivity contribution in [2.24, 2.45) is 0 Å². The molecule has 1 fully saturated rings. The molecule has 0 bridgehead atoms. The number of halogens is 1. The first-order valence-corrected chi connectivity index (χ1v) is 12.3. The summed E-state index contributed by atoms with van der Waals surface area (Å²) in [6, 6.07) is 5.43. The Bertz CT molecular complexity index is 1120. The van der Waals surface area contributed by atoms with Gasteiger partial charge in [-0.15, -0.1) is 0 Å². The predicted octanol–water partition coefficient (Wildman–Crippen LogP) is 5.38. The second kappa shape index (κ2) is 10.8. The molecule has 2 aromatic heterocycles. The maximum atomic E-state index is 10.0. The van der Waals surface area contributed by atoms with Gasteiger partial charge in [-0.2, -0.15) is 0 Å². The van der Waals surface area contributed by atoms with E-state index in [-0.39, 0.29) is 6.61 Å². The van der Waals surface area contributed by atoms with Crippen LogP contribution in [0.4, 0.5) is 0 Å². The summed E-state index contributed by atoms with van der Waals surface area (Å²) in [5.74, 6) is 2.30. The summed E-state index contributed by atoms with van der Waals surface area (Å²) in [5.41, 5.74) is 5.41. The molecule has 0 saturated heterocycles. The van der Waals surface area contributed by atoms with Crippen LogP contribution in [0.5, 0.6) is 5.75 Å². The zero-order valence-corrected chi connectivity index (χ0v) is 21.1. The van der Waals surface area contributed by atoms with E-state index >= 15 is 0 Å². The Kier molecular flexibility index (Phi) is 7.86. The Morgan fingerprint density at radius 1 is 1.18 bits per heavy atom. The zero-order valence-electron chi connectivity index (χ0n) is 20.3. The van der Waals surface area contributed by atoms with Gasteiger partial charge >= 0.3 is 0 Å². The fourth-order valence-corrected chi connectivity index (χ4v) is 4.95. The fraction of sp³-hybridized carbons (Fsp3) is 0.500. The highest BCUT2D eigenvalue weighted by Gasteiger charge is 2.26. The van der Waals surface area contributed by atoms with Gasteiger partial charge in [0.25, 0.3) is 0 Å². The summed E-state index contributed by atoms with van der Waals surface area (Å²) in [7, 11) is 1.79. The maximum Gasteiger partial charge on any atom is 0.161 e. The standard InChI is InChI=1S/C26H33ClN4O3/c1-15-24(18-8-6-5-7-9-18)29-26(30-25(15)23-16(2)31-34-17(23)3)21-12-20(10-11-22(21)27)33-14-19(32)13-28-4/h10-12,18-19,28,32H,5-9,13-14H2,1-4H3/t19-/m1/s1. The van der Waals surface area contributed by atoms with Gasteiger partial charge in [0.15, 0.2) is 5.82 Å². The molecule has 0 spiro atoms. The van der Waals surface area contributed by atoms with Crippen molar-refractivity contribution in [1.29, 1.82) is 0 Å². The van der Waals surface area contributed by atoms with Gasteiger partial charge in [0, 0.05) is 18.0 Å². The van der Waals surface area contributed by atoms with E-state index in [0.29, 0.717) is 34.6 Å². The molecule has 4 rings (SSSR count). The Morgan fingerprint density at radius 2 is 1.94 bits per heavy atom. The molecule has 3 aromatic rings. The van der Waals surface area contributed by atoms with Gasteiger partial charge in [0.05, 0.1) is 27.7 Å². The van der Waals surface area contributed by atoms with Crippen LogP contribution in [0.25, 0.3) is 22.6 Å². The van der Waals surface area contributed by atoms with Crippen LogP contribution in [0.3, 0.4) is 0 Å². The number of hydrogen-bond donors (Lipinski definition) is 2. The lowest BCUT2D eigenvalue weighted by Crippen LogP contribution is -2.29. The van der Waals surface area contributed by atoms with Crippen LogP contribution >= 0.6 is 11.6 Å². The number of aliphatic hydroxyl groups is 1. The molecule has 34 heavy (non-hydrogen) atoms. The summed E-state index contributed by atoms with van der Waals surface area (Å²) in [6.45, 7) is 6.57. The monoisotopic (exact) mass is 484 g/mol. The van der Waals surface area contributed by atoms with Gasteiger partial charge in [0.2, 0.25) is 0 Å². The van der Waals surface area contributed by atoms with Crippen LogP contribution in [-0.2, 0) is 0 Å². The van der Waals surface area contributed by atoms with Gasteiger partial charge in [-0.3, -0.25) is 0 Å². The topological polar surface area (TPSA) is 93.3 Å². The van der Waals surface area contributed by atoms with Gasteiger partial charge in [-0.1, -0.05) is 36.0 Å². The smallest absolute Gasteiger partial charge is 0.161 e. The average molecular weight is 485 g/mol. The minimum Gasteiger partial charge on any atom is -0.491 e. The molecule has 2 N–H and O–H groups in total. The minimum absolute atomic E-state index is 0.175. The molecule has 0 aliphatic heterocycles. The number of ether oxygens (including phenoxy) is 1. The van der Waals surface area contributed by atoms with Crippen LogP contribution in [0.2, 0.25) is 5.02 Å². The molecule has 1 aromatic carbocycles. The Hall–Kier alpha value is -2.48. The van der Waals surface area contributed by atoms with E-state index in [1.165, 1.54) is 19.3 Å². The van der Waals surface area contributed by atoms with Crippen molar-refractivity contribution < 1.29 is 14.4 Å². The van der Waals surface area contributed by atoms with Gasteiger partial charge in [-0.25, -0.2) is 9.97 Å². The molecular formula is C26H33ClN4O3. The van der Waals surface area contributed by atoms with Crippen molar-refractivity contribution in [2.75, 3.05) is 20.2 Å². The second-order valence-electron chi connectivity index (χ2n) is 9.10. The Balaban J connectivity index is 1.80. The lowest BCUT2D eigenvalue weighted by Gasteiger charge is -2.24. The summed E-state index contributed by atoms with van der Waals surface area (Å²) in [5, 5.41) is 17.6. The lowest BCUT2D eigenvalue weighted by molar-refractivity contribution is 0.108. The molecule has 0 unspecified atom stereocenters. The van der Waals surface area contributed by atoms with E-state index < -0.39 is 6.10 Å². The number of aryl methyl sites for hydroxylation is 2. The molecule has 1 atom stereocenters. The second-order valence-corrected chi connectivity index (χ2v) is 9.51. The van der Waals surface area contributed by atoms with Crippen molar-refractivity contribution in [3.8, 4) is 28.4 Å². The first-order chi connectivity index (χ1) is 16.4. The third-order valence-electron chi connectivity index (χ3n) is 6.51. The van der Waals surface area contributed by atoms with E-state index in [2.05, 4.69) is 17.4 Å². The first-order valence-electron chi connectivity index (χ1n) is 12.0. The normalized spacial score (nSPS) is 15.5. The third-order valence-corrected chi connectivity index (χ3v) is 6.84. The summed E-state index contributed by atoms with van der Waals surface area (Å²) in [4.78, 5) is 10.0. The molecule has 1 aliphatic rings. The number of benzene rings is 1. The Morgan fingerprint density at radius 3 is 2.62 bits per heavy atom. The van der Waals surface area contributed by atoms with E-state index in [9.17, 15) is 5.11 Å². The van der Waals surface area contributed by atoms with Crippen molar-refractivity contribution in [2.45, 2.75) is 64.9 Å². The number of nitrogens with one attached hydrogen (secondary N) is 1. The van der Waals surface area contributed by atoms with Crippen molar-refractivity contribution in [1.82, 2.24) is 20.4 Å². The quantitative estimate of drug-likeness (QED) is 0.443. The fourth-order valence-electron chi connectivity index (χ4n) is 4.74. The predicted molar refractivity (Wildman–Crippen MR) is 133 cm³/mol. The average Bonchev–Trinajstić information content (AvgIpc) is 3.17. The molecular weight excluding hydrogens is 452 g/mol. The first kappa shape index (κ1) is 24.6. The van der Waals surface area contributed by atoms with Crippen LogP contribution in [-0.4, -0.2) is 46.5 Å². The van der Waals surface area contributed by atoms with Crippen LogP contribution in [0, 0.1) is 20.8 Å². The summed E-state index contributed by atoms with van der Waals surface area (Å²) >= 11 is 6.64. The van der Waals surface area contributed by atoms with E-state index in [0.717, 1.165) is 46.8 Å². The molecule has 182 valence electrons. The third kappa shape index (κ3) is 5.27. The Labute approximate surface area is 205 Å². The van der Waals surface area contributed by atoms with Gasteiger partial charge in [-0.05, 0) is 64.4 Å². The van der Waals surface area contributed by atoms with Crippen molar-refractivity contribution in [3.63, 3.8) is 0 Å². The van der Waals surface area contributed by atoms with Gasteiger partial charge < -0.3 is 19.7 Å². The lowest BCUT2D eigenvalue weighted by atomic mass is 9.84. The highest BCUT2D eigenvalue weighted by Crippen LogP contribution is 2.39. The maximum absolute atomic E-state index is 10.0. The zero-order chi connectivity index (χ0) is 24.2. The molecule has 1 aliphatic carbocycles. The summed E-state index contributed by atoms with van der Waals surface area (Å²) in [6.07, 6.45) is 5.34. The molecule has 0 radical (unpaired) electrons. The molecule has 1 saturated carbocycles. The van der Waals surface area contributed by atoms with Crippen LogP contribution in [0.15, 0.2) is 22.7 Å². The highest BCUT2D eigenvalue weighted by molar-refractivity contribution is 6.33. The van der Waals surface area contributed by atoms with Crippen LogP contribution in [0.1, 0.15) is 60.7 Å². The number of likely N-dealkylation sites (N-methyl/N-ethyl adjacent to an activating group) is 1. The van der Waals surface area contributed by atoms with E-state index in [4.69, 9.17) is 30.8 Å². The van der Waals surface area contributed by atoms with E-state index in [1.807, 2.05) is 19.9 Å². The molecule has 2 heterocycles. The minimum atomic E-state index is -0.608. The van der Waals surface area contributed by atoms with Crippen molar-refractivity contribution >= 4 is 11.6 Å². The van der Waals surface area contributed by atoms with Crippen LogP contribution < -0.4 is 10.1 Å². The molecule has 7 nitrogen and oxygen atoms in total. The number of hydrogen-bond acceptors (Lipinski definition) is 7. The summed E-state index contributed by atoms with van der Waals surface area (Å²) < 4.78 is 11.3. The highest BCUT2D eigenvalue weighted by atomic mass is 35.5. The molecule has 8 heteroatoms. The SMILES string of the molecule is CNC[C@@H](O)COc1ccc(Cl)c(-c2nc(-c3c(C)noc3C)c(C)c(C3CCCCC3)n2)c1. The number of rotatable bonds is 8. The number of nitrogens with zero attached hydrogens (tertiary/aromatic N) is 3. The van der Waals surface area contributed by atoms with Gasteiger partial charge in [0.1, 0.15) is 24.2 Å². The number of aliphatic hydroxyl groups excluding tert-OH is 1. The van der Waals surface area contributed by atoms with E-state index in [1.54, 1.807) is 19.2 Å². The molecule has 0 amide bonds. The number of aromatic nitrogens is 3. The van der Waals surface area contributed by atoms with Crippen molar-refractivity contribution in [3.05, 3.63) is 45.9 Å².